The van der Waals surface area contributed by atoms with Gasteiger partial charge in [-0.2, -0.15) is 0 Å². The zero-order chi connectivity index (χ0) is 43.3. The molecule has 0 aromatic rings. The number of aliphatic carboxylic acids is 1. The maximum atomic E-state index is 12.6. The number of hydrogen-bond donors (Lipinski definition) is 3. The number of phosphoric ester groups is 1. The van der Waals surface area contributed by atoms with Crippen molar-refractivity contribution >= 4 is 19.8 Å². The zero-order valence-electron chi connectivity index (χ0n) is 36.8. The monoisotopic (exact) mass is 848 g/mol. The second-order valence-corrected chi connectivity index (χ2v) is 16.2. The lowest BCUT2D eigenvalue weighted by Gasteiger charge is -2.20. The molecule has 0 radical (unpaired) electrons. The highest BCUT2D eigenvalue weighted by molar-refractivity contribution is 7.47. The quantitative estimate of drug-likeness (QED) is 0.0234. The largest absolute Gasteiger partial charge is 0.480 e. The molecule has 0 aromatic carbocycles. The summed E-state index contributed by atoms with van der Waals surface area (Å²) in [6.07, 6.45) is 54.9. The second-order valence-electron chi connectivity index (χ2n) is 14.8. The molecule has 0 saturated heterocycles. The van der Waals surface area contributed by atoms with Gasteiger partial charge in [-0.05, 0) is 83.5 Å². The van der Waals surface area contributed by atoms with E-state index in [4.69, 9.17) is 29.4 Å². The fraction of sp³-hybridized carbons (Fsp3) is 0.667. The Hall–Kier alpha value is -2.85. The van der Waals surface area contributed by atoms with Crippen LogP contribution in [-0.2, 0) is 32.7 Å². The molecule has 0 rings (SSSR count). The van der Waals surface area contributed by atoms with Crippen LogP contribution in [0.15, 0.2) is 85.1 Å². The van der Waals surface area contributed by atoms with E-state index in [1.165, 1.54) is 38.5 Å². The molecule has 0 bridgehead atoms. The van der Waals surface area contributed by atoms with Crippen LogP contribution in [0.5, 0.6) is 0 Å². The van der Waals surface area contributed by atoms with Gasteiger partial charge in [0, 0.05) is 13.0 Å². The third kappa shape index (κ3) is 43.1. The standard InChI is InChI=1S/C48H82NO9P/c1-3-5-7-9-11-13-15-17-19-20-21-22-23-24-25-27-29-31-33-35-37-39-41-55-42-45(43-56-59(53,54)57-44-46(49)48(51)52)58-47(50)40-38-36-34-32-30-28-26-18-16-14-12-10-8-6-4-2/h5-8,11-14,17-19,21-22,26,45-46H,3-4,9-10,15-16,20,23-25,27-44,49H2,1-2H3,(H,51,52)(H,53,54)/b7-5-,8-6-,13-11-,14-12-,19-17-,22-21-,26-18-. The van der Waals surface area contributed by atoms with Crippen molar-refractivity contribution < 1.29 is 42.7 Å². The average Bonchev–Trinajstić information content (AvgIpc) is 3.21. The second kappa shape index (κ2) is 43.2. The first kappa shape index (κ1) is 56.1. The Bertz CT molecular complexity index is 1260. The van der Waals surface area contributed by atoms with Crippen LogP contribution in [-0.4, -0.2) is 60.5 Å². The van der Waals surface area contributed by atoms with Crippen LogP contribution in [0.4, 0.5) is 0 Å². The highest BCUT2D eigenvalue weighted by atomic mass is 31.2. The van der Waals surface area contributed by atoms with E-state index in [0.29, 0.717) is 13.0 Å². The lowest BCUT2D eigenvalue weighted by Crippen LogP contribution is -2.34. The van der Waals surface area contributed by atoms with Crippen molar-refractivity contribution in [1.29, 1.82) is 0 Å². The van der Waals surface area contributed by atoms with E-state index in [2.05, 4.69) is 98.9 Å². The summed E-state index contributed by atoms with van der Waals surface area (Å²) in [5.74, 6) is -1.81. The Morgan fingerprint density at radius 2 is 0.932 bits per heavy atom. The molecular weight excluding hydrogens is 765 g/mol. The Morgan fingerprint density at radius 3 is 1.39 bits per heavy atom. The Balaban J connectivity index is 4.23. The molecule has 59 heavy (non-hydrogen) atoms. The Kier molecular flexibility index (Phi) is 41.2. The number of carbonyl (C=O) groups excluding carboxylic acids is 1. The molecule has 3 atom stereocenters. The van der Waals surface area contributed by atoms with Gasteiger partial charge < -0.3 is 25.2 Å². The van der Waals surface area contributed by atoms with Crippen molar-refractivity contribution in [2.45, 2.75) is 180 Å². The van der Waals surface area contributed by atoms with E-state index in [-0.39, 0.29) is 13.0 Å². The number of carboxylic acid groups (broad SMARTS) is 1. The van der Waals surface area contributed by atoms with Crippen LogP contribution < -0.4 is 5.73 Å². The summed E-state index contributed by atoms with van der Waals surface area (Å²) in [7, 11) is -4.63. The minimum atomic E-state index is -4.63. The van der Waals surface area contributed by atoms with Gasteiger partial charge in [0.1, 0.15) is 12.1 Å². The topological polar surface area (TPSA) is 155 Å². The normalized spacial score (nSPS) is 14.6. The molecule has 10 nitrogen and oxygen atoms in total. The molecule has 0 aliphatic rings. The van der Waals surface area contributed by atoms with E-state index in [9.17, 15) is 19.0 Å². The summed E-state index contributed by atoms with van der Waals surface area (Å²) < 4.78 is 33.4. The summed E-state index contributed by atoms with van der Waals surface area (Å²) in [4.78, 5) is 33.6. The number of rotatable bonds is 42. The fourth-order valence-corrected chi connectivity index (χ4v) is 6.50. The van der Waals surface area contributed by atoms with Gasteiger partial charge in [0.2, 0.25) is 0 Å². The third-order valence-electron chi connectivity index (χ3n) is 9.17. The summed E-state index contributed by atoms with van der Waals surface area (Å²) in [6, 6.07) is -1.48. The van der Waals surface area contributed by atoms with Crippen LogP contribution in [0.3, 0.4) is 0 Å². The lowest BCUT2D eigenvalue weighted by atomic mass is 10.1. The smallest absolute Gasteiger partial charge is 0.472 e. The van der Waals surface area contributed by atoms with Crippen LogP contribution in [0.1, 0.15) is 168 Å². The van der Waals surface area contributed by atoms with Crippen molar-refractivity contribution in [3.63, 3.8) is 0 Å². The predicted octanol–water partition coefficient (Wildman–Crippen LogP) is 12.8. The minimum absolute atomic E-state index is 0.000503. The number of nitrogens with two attached hydrogens (primary N) is 1. The molecule has 11 heteroatoms. The van der Waals surface area contributed by atoms with Crippen LogP contribution in [0.25, 0.3) is 0 Å². The molecule has 338 valence electrons. The lowest BCUT2D eigenvalue weighted by molar-refractivity contribution is -0.154. The Labute approximate surface area is 358 Å². The van der Waals surface area contributed by atoms with Crippen molar-refractivity contribution in [1.82, 2.24) is 0 Å². The fourth-order valence-electron chi connectivity index (χ4n) is 5.73. The number of phosphoric acid groups is 1. The first-order valence-corrected chi connectivity index (χ1v) is 24.1. The first-order chi connectivity index (χ1) is 28.7. The highest BCUT2D eigenvalue weighted by Gasteiger charge is 2.27. The predicted molar refractivity (Wildman–Crippen MR) is 244 cm³/mol. The number of allylic oxidation sites excluding steroid dienone is 14. The van der Waals surface area contributed by atoms with Gasteiger partial charge in [-0.3, -0.25) is 18.6 Å². The van der Waals surface area contributed by atoms with E-state index < -0.39 is 45.1 Å². The number of carbonyl (C=O) groups is 2. The minimum Gasteiger partial charge on any atom is -0.480 e. The summed E-state index contributed by atoms with van der Waals surface area (Å²) in [5.41, 5.74) is 5.36. The number of ether oxygens (including phenoxy) is 2. The molecule has 0 saturated carbocycles. The van der Waals surface area contributed by atoms with E-state index in [0.717, 1.165) is 103 Å². The highest BCUT2D eigenvalue weighted by Crippen LogP contribution is 2.43. The number of esters is 1. The summed E-state index contributed by atoms with van der Waals surface area (Å²) in [6.45, 7) is 3.61. The molecule has 0 heterocycles. The summed E-state index contributed by atoms with van der Waals surface area (Å²) in [5, 5.41) is 8.90. The van der Waals surface area contributed by atoms with Gasteiger partial charge in [0.25, 0.3) is 0 Å². The van der Waals surface area contributed by atoms with Crippen LogP contribution in [0, 0.1) is 0 Å². The van der Waals surface area contributed by atoms with Gasteiger partial charge >= 0.3 is 19.8 Å². The molecule has 3 unspecified atom stereocenters. The third-order valence-corrected chi connectivity index (χ3v) is 10.1. The molecule has 4 N–H and O–H groups in total. The van der Waals surface area contributed by atoms with Gasteiger partial charge in [-0.1, -0.05) is 163 Å². The van der Waals surface area contributed by atoms with Gasteiger partial charge in [-0.15, -0.1) is 0 Å². The number of carboxylic acids is 1. The zero-order valence-corrected chi connectivity index (χ0v) is 37.7. The maximum absolute atomic E-state index is 12.6. The number of unbranched alkanes of at least 4 members (excludes halogenated alkanes) is 14. The maximum Gasteiger partial charge on any atom is 0.472 e. The molecule has 0 spiro atoms. The van der Waals surface area contributed by atoms with E-state index in [1.807, 2.05) is 0 Å². The van der Waals surface area contributed by atoms with Crippen LogP contribution >= 0.6 is 7.82 Å². The first-order valence-electron chi connectivity index (χ1n) is 22.6. The van der Waals surface area contributed by atoms with Gasteiger partial charge in [0.05, 0.1) is 19.8 Å². The van der Waals surface area contributed by atoms with Crippen molar-refractivity contribution in [2.24, 2.45) is 5.73 Å². The molecule has 0 amide bonds. The Morgan fingerprint density at radius 1 is 0.542 bits per heavy atom. The van der Waals surface area contributed by atoms with Gasteiger partial charge in [0.15, 0.2) is 0 Å². The van der Waals surface area contributed by atoms with Crippen molar-refractivity contribution in [3.05, 3.63) is 85.1 Å². The molecular formula is C48H82NO9P. The van der Waals surface area contributed by atoms with Crippen molar-refractivity contribution in [2.75, 3.05) is 26.4 Å². The van der Waals surface area contributed by atoms with Crippen LogP contribution in [0.2, 0.25) is 0 Å². The number of hydrogen-bond acceptors (Lipinski definition) is 8. The molecule has 0 fully saturated rings. The molecule has 0 aromatic heterocycles. The summed E-state index contributed by atoms with van der Waals surface area (Å²) >= 11 is 0. The molecule has 0 aliphatic heterocycles. The van der Waals surface area contributed by atoms with E-state index in [1.54, 1.807) is 0 Å². The van der Waals surface area contributed by atoms with E-state index >= 15 is 0 Å². The average molecular weight is 848 g/mol. The van der Waals surface area contributed by atoms with Gasteiger partial charge in [-0.25, -0.2) is 4.57 Å². The molecule has 0 aliphatic carbocycles. The SMILES string of the molecule is CC/C=C\C/C=C\C/C=C\C/C=C\CCCCCCCCCCCOCC(COP(=O)(O)OCC(N)C(=O)O)OC(=O)CCCCCCC/C=C\C/C=C\C/C=C\CC. The van der Waals surface area contributed by atoms with Crippen molar-refractivity contribution in [3.8, 4) is 0 Å².